The molecule has 4 heteroatoms. The van der Waals surface area contributed by atoms with Crippen LogP contribution in [-0.2, 0) is 16.1 Å². The number of hydrogen-bond donors (Lipinski definition) is 1. The van der Waals surface area contributed by atoms with Crippen LogP contribution in [0.15, 0.2) is 36.9 Å². The van der Waals surface area contributed by atoms with Gasteiger partial charge in [-0.05, 0) is 36.6 Å². The monoisotopic (exact) mass is 263 g/mol. The van der Waals surface area contributed by atoms with Crippen LogP contribution in [0.25, 0.3) is 0 Å². The van der Waals surface area contributed by atoms with Crippen molar-refractivity contribution in [2.75, 3.05) is 20.3 Å². The van der Waals surface area contributed by atoms with Gasteiger partial charge in [0.05, 0.1) is 13.7 Å². The summed E-state index contributed by atoms with van der Waals surface area (Å²) >= 11 is 0. The van der Waals surface area contributed by atoms with Crippen molar-refractivity contribution in [2.45, 2.75) is 19.4 Å². The number of methoxy groups -OCH3 is 1. The van der Waals surface area contributed by atoms with Crippen LogP contribution < -0.4 is 10.1 Å². The van der Waals surface area contributed by atoms with E-state index in [1.165, 1.54) is 6.08 Å². The Kier molecular flexibility index (Phi) is 7.35. The molecular weight excluding hydrogens is 242 g/mol. The third kappa shape index (κ3) is 6.62. The molecule has 0 aliphatic heterocycles. The Morgan fingerprint density at radius 1 is 1.32 bits per heavy atom. The number of unbranched alkanes of at least 4 members (excludes halogenated alkanes) is 1. The summed E-state index contributed by atoms with van der Waals surface area (Å²) in [5.41, 5.74) is 1.13. The molecule has 0 spiro atoms. The largest absolute Gasteiger partial charge is 0.497 e. The Labute approximate surface area is 114 Å². The van der Waals surface area contributed by atoms with E-state index >= 15 is 0 Å². The molecule has 0 saturated carbocycles. The van der Waals surface area contributed by atoms with E-state index in [-0.39, 0.29) is 5.91 Å². The van der Waals surface area contributed by atoms with Crippen LogP contribution in [0, 0.1) is 0 Å². The summed E-state index contributed by atoms with van der Waals surface area (Å²) in [5.74, 6) is 0.723. The molecule has 0 aromatic heterocycles. The zero-order valence-electron chi connectivity index (χ0n) is 11.4. The molecule has 0 aliphatic carbocycles. The van der Waals surface area contributed by atoms with E-state index in [0.717, 1.165) is 24.2 Å². The quantitative estimate of drug-likeness (QED) is 0.549. The highest BCUT2D eigenvalue weighted by molar-refractivity contribution is 5.86. The van der Waals surface area contributed by atoms with Crippen molar-refractivity contribution in [2.24, 2.45) is 0 Å². The number of ether oxygens (including phenoxy) is 2. The Bertz CT molecular complexity index is 387. The van der Waals surface area contributed by atoms with E-state index in [0.29, 0.717) is 19.8 Å². The summed E-state index contributed by atoms with van der Waals surface area (Å²) in [4.78, 5) is 10.9. The lowest BCUT2D eigenvalue weighted by Gasteiger charge is -2.06. The van der Waals surface area contributed by atoms with Gasteiger partial charge < -0.3 is 14.8 Å². The molecule has 0 aliphatic rings. The zero-order valence-corrected chi connectivity index (χ0v) is 11.4. The van der Waals surface area contributed by atoms with Crippen LogP contribution in [0.2, 0.25) is 0 Å². The number of carbonyl (C=O) groups excluding carboxylic acids is 1. The van der Waals surface area contributed by atoms with Crippen LogP contribution in [-0.4, -0.2) is 26.2 Å². The smallest absolute Gasteiger partial charge is 0.243 e. The molecule has 4 nitrogen and oxygen atoms in total. The van der Waals surface area contributed by atoms with Gasteiger partial charge >= 0.3 is 0 Å². The molecule has 0 atom stereocenters. The van der Waals surface area contributed by atoms with Crippen LogP contribution in [0.4, 0.5) is 0 Å². The first kappa shape index (κ1) is 15.2. The summed E-state index contributed by atoms with van der Waals surface area (Å²) in [5, 5.41) is 2.73. The normalized spacial score (nSPS) is 9.95. The highest BCUT2D eigenvalue weighted by Gasteiger charge is 1.96. The third-order valence-electron chi connectivity index (χ3n) is 2.63. The van der Waals surface area contributed by atoms with Crippen molar-refractivity contribution < 1.29 is 14.3 Å². The number of benzene rings is 1. The van der Waals surface area contributed by atoms with Gasteiger partial charge in [-0.3, -0.25) is 4.79 Å². The van der Waals surface area contributed by atoms with Crippen LogP contribution >= 0.6 is 0 Å². The fraction of sp³-hybridized carbons (Fsp3) is 0.400. The van der Waals surface area contributed by atoms with Crippen LogP contribution in [0.3, 0.4) is 0 Å². The van der Waals surface area contributed by atoms with Gasteiger partial charge in [0.15, 0.2) is 0 Å². The van der Waals surface area contributed by atoms with Gasteiger partial charge in [0.25, 0.3) is 0 Å². The second kappa shape index (κ2) is 9.16. The number of nitrogens with one attached hydrogen (secondary N) is 1. The molecule has 1 amide bonds. The molecule has 19 heavy (non-hydrogen) atoms. The maximum atomic E-state index is 10.9. The van der Waals surface area contributed by atoms with Gasteiger partial charge in [-0.15, -0.1) is 0 Å². The SMILES string of the molecule is C=CC(=O)NCCCCOCc1ccc(OC)cc1. The minimum Gasteiger partial charge on any atom is -0.497 e. The molecule has 0 radical (unpaired) electrons. The molecule has 0 fully saturated rings. The lowest BCUT2D eigenvalue weighted by atomic mass is 10.2. The predicted molar refractivity (Wildman–Crippen MR) is 75.1 cm³/mol. The second-order valence-electron chi connectivity index (χ2n) is 4.10. The molecule has 0 bridgehead atoms. The maximum absolute atomic E-state index is 10.9. The predicted octanol–water partition coefficient (Wildman–Crippen LogP) is 2.29. The summed E-state index contributed by atoms with van der Waals surface area (Å²) in [6.07, 6.45) is 3.11. The van der Waals surface area contributed by atoms with Crippen LogP contribution in [0.1, 0.15) is 18.4 Å². The van der Waals surface area contributed by atoms with Crippen LogP contribution in [0.5, 0.6) is 5.75 Å². The van der Waals surface area contributed by atoms with Gasteiger partial charge in [0.2, 0.25) is 5.91 Å². The molecule has 0 saturated heterocycles. The Hall–Kier alpha value is -1.81. The van der Waals surface area contributed by atoms with Gasteiger partial charge in [0, 0.05) is 13.2 Å². The molecule has 1 N–H and O–H groups in total. The molecule has 104 valence electrons. The molecule has 1 rings (SSSR count). The van der Waals surface area contributed by atoms with E-state index in [1.807, 2.05) is 24.3 Å². The average molecular weight is 263 g/mol. The van der Waals surface area contributed by atoms with Gasteiger partial charge in [-0.2, -0.15) is 0 Å². The summed E-state index contributed by atoms with van der Waals surface area (Å²) < 4.78 is 10.6. The second-order valence-corrected chi connectivity index (χ2v) is 4.10. The maximum Gasteiger partial charge on any atom is 0.243 e. The minimum atomic E-state index is -0.126. The zero-order chi connectivity index (χ0) is 13.9. The lowest BCUT2D eigenvalue weighted by molar-refractivity contribution is -0.116. The molecular formula is C15H21NO3. The standard InChI is InChI=1S/C15H21NO3/c1-3-15(17)16-10-4-5-11-19-12-13-6-8-14(18-2)9-7-13/h3,6-9H,1,4-5,10-12H2,2H3,(H,16,17). The highest BCUT2D eigenvalue weighted by atomic mass is 16.5. The summed E-state index contributed by atoms with van der Waals surface area (Å²) in [7, 11) is 1.65. The van der Waals surface area contributed by atoms with Crippen molar-refractivity contribution in [3.63, 3.8) is 0 Å². The van der Waals surface area contributed by atoms with Crippen molar-refractivity contribution in [3.8, 4) is 5.75 Å². The first-order chi connectivity index (χ1) is 9.26. The van der Waals surface area contributed by atoms with Crippen molar-refractivity contribution in [3.05, 3.63) is 42.5 Å². The van der Waals surface area contributed by atoms with Crippen molar-refractivity contribution in [1.82, 2.24) is 5.32 Å². The van der Waals surface area contributed by atoms with Gasteiger partial charge in [-0.25, -0.2) is 0 Å². The first-order valence-electron chi connectivity index (χ1n) is 6.37. The Morgan fingerprint density at radius 3 is 2.68 bits per heavy atom. The fourth-order valence-electron chi connectivity index (χ4n) is 1.52. The van der Waals surface area contributed by atoms with E-state index in [9.17, 15) is 4.79 Å². The van der Waals surface area contributed by atoms with Crippen molar-refractivity contribution in [1.29, 1.82) is 0 Å². The summed E-state index contributed by atoms with van der Waals surface area (Å²) in [6, 6.07) is 7.82. The third-order valence-corrected chi connectivity index (χ3v) is 2.63. The van der Waals surface area contributed by atoms with E-state index in [4.69, 9.17) is 9.47 Å². The number of rotatable bonds is 9. The molecule has 0 heterocycles. The number of hydrogen-bond acceptors (Lipinski definition) is 3. The van der Waals surface area contributed by atoms with Crippen molar-refractivity contribution >= 4 is 5.91 Å². The average Bonchev–Trinajstić information content (AvgIpc) is 2.46. The Balaban J connectivity index is 2.04. The lowest BCUT2D eigenvalue weighted by Crippen LogP contribution is -2.22. The van der Waals surface area contributed by atoms with E-state index < -0.39 is 0 Å². The molecule has 0 unspecified atom stereocenters. The first-order valence-corrected chi connectivity index (χ1v) is 6.37. The fourth-order valence-corrected chi connectivity index (χ4v) is 1.52. The van der Waals surface area contributed by atoms with Gasteiger partial charge in [0.1, 0.15) is 5.75 Å². The number of carbonyl (C=O) groups is 1. The van der Waals surface area contributed by atoms with E-state index in [1.54, 1.807) is 7.11 Å². The Morgan fingerprint density at radius 2 is 2.05 bits per heavy atom. The number of amides is 1. The summed E-state index contributed by atoms with van der Waals surface area (Å²) in [6.45, 7) is 5.34. The minimum absolute atomic E-state index is 0.126. The topological polar surface area (TPSA) is 47.6 Å². The highest BCUT2D eigenvalue weighted by Crippen LogP contribution is 2.11. The molecule has 1 aromatic rings. The van der Waals surface area contributed by atoms with Gasteiger partial charge in [-0.1, -0.05) is 18.7 Å². The molecule has 1 aromatic carbocycles. The van der Waals surface area contributed by atoms with E-state index in [2.05, 4.69) is 11.9 Å².